The average Bonchev–Trinajstić information content (AvgIpc) is 3.20. The van der Waals surface area contributed by atoms with E-state index in [0.29, 0.717) is 37.7 Å². The van der Waals surface area contributed by atoms with Gasteiger partial charge in [-0.1, -0.05) is 11.6 Å². The van der Waals surface area contributed by atoms with E-state index in [1.165, 1.54) is 12.1 Å². The van der Waals surface area contributed by atoms with Gasteiger partial charge in [-0.25, -0.2) is 4.98 Å². The van der Waals surface area contributed by atoms with Crippen molar-refractivity contribution in [2.45, 2.75) is 19.0 Å². The molecule has 3 aromatic rings. The molecule has 3 N–H and O–H groups in total. The van der Waals surface area contributed by atoms with Gasteiger partial charge in [0.1, 0.15) is 19.0 Å². The molecule has 10 heteroatoms. The van der Waals surface area contributed by atoms with Crippen molar-refractivity contribution in [1.82, 2.24) is 19.9 Å². The Kier molecular flexibility index (Phi) is 4.74. The van der Waals surface area contributed by atoms with Crippen LogP contribution >= 0.6 is 11.6 Å². The largest absolute Gasteiger partial charge is 0.485 e. The predicted octanol–water partition coefficient (Wildman–Crippen LogP) is 2.19. The molecule has 0 spiro atoms. The zero-order chi connectivity index (χ0) is 21.5. The molecule has 1 unspecified atom stereocenters. The van der Waals surface area contributed by atoms with Gasteiger partial charge in [0.25, 0.3) is 11.5 Å². The van der Waals surface area contributed by atoms with Gasteiger partial charge in [0.15, 0.2) is 11.5 Å². The number of nitrogens with zero attached hydrogens (tertiary/aromatic N) is 3. The van der Waals surface area contributed by atoms with Gasteiger partial charge in [-0.05, 0) is 24.6 Å². The Labute approximate surface area is 181 Å². The van der Waals surface area contributed by atoms with Gasteiger partial charge in [0.05, 0.1) is 28.0 Å². The van der Waals surface area contributed by atoms with Crippen LogP contribution in [0.15, 0.2) is 41.5 Å². The number of carbonyl (C=O) groups excluding carboxylic acids is 1. The fraction of sp³-hybridized carbons (Fsp3) is 0.238. The number of anilines is 1. The lowest BCUT2D eigenvalue weighted by Gasteiger charge is -2.23. The van der Waals surface area contributed by atoms with Crippen LogP contribution in [0.3, 0.4) is 0 Å². The SMILES string of the molecule is Nc1c(Cl)cc(C(=O)NC2CCn3c2nc(-c2ccncc2)cc3=O)c2c1OCCO2. The minimum absolute atomic E-state index is 0.168. The van der Waals surface area contributed by atoms with Gasteiger partial charge < -0.3 is 20.5 Å². The fourth-order valence-corrected chi connectivity index (χ4v) is 4.01. The van der Waals surface area contributed by atoms with E-state index in [2.05, 4.69) is 15.3 Å². The first-order chi connectivity index (χ1) is 15.0. The van der Waals surface area contributed by atoms with E-state index >= 15 is 0 Å². The van der Waals surface area contributed by atoms with E-state index in [0.717, 1.165) is 5.56 Å². The molecule has 0 saturated heterocycles. The molecule has 1 atom stereocenters. The number of pyridine rings is 1. The zero-order valence-electron chi connectivity index (χ0n) is 16.3. The van der Waals surface area contributed by atoms with E-state index < -0.39 is 11.9 Å². The fourth-order valence-electron chi connectivity index (χ4n) is 3.81. The second-order valence-corrected chi connectivity index (χ2v) is 7.62. The van der Waals surface area contributed by atoms with Gasteiger partial charge in [-0.15, -0.1) is 0 Å². The van der Waals surface area contributed by atoms with Crippen molar-refractivity contribution in [2.75, 3.05) is 18.9 Å². The molecule has 0 radical (unpaired) electrons. The molecule has 31 heavy (non-hydrogen) atoms. The van der Waals surface area contributed by atoms with Gasteiger partial charge in [-0.2, -0.15) is 0 Å². The minimum Gasteiger partial charge on any atom is -0.485 e. The lowest BCUT2D eigenvalue weighted by atomic mass is 10.1. The van der Waals surface area contributed by atoms with Crippen molar-refractivity contribution >= 4 is 23.2 Å². The number of ether oxygens (including phenoxy) is 2. The number of aromatic nitrogens is 3. The number of nitrogens with one attached hydrogen (secondary N) is 1. The van der Waals surface area contributed by atoms with Crippen molar-refractivity contribution in [3.63, 3.8) is 0 Å². The van der Waals surface area contributed by atoms with Gasteiger partial charge in [-0.3, -0.25) is 19.1 Å². The number of hydrogen-bond acceptors (Lipinski definition) is 7. The van der Waals surface area contributed by atoms with E-state index in [-0.39, 0.29) is 33.3 Å². The summed E-state index contributed by atoms with van der Waals surface area (Å²) in [6.07, 6.45) is 3.81. The molecule has 2 aliphatic heterocycles. The predicted molar refractivity (Wildman–Crippen MR) is 113 cm³/mol. The normalized spacial score (nSPS) is 16.6. The van der Waals surface area contributed by atoms with Crippen molar-refractivity contribution < 1.29 is 14.3 Å². The number of nitrogen functional groups attached to an aromatic ring is 1. The van der Waals surface area contributed by atoms with Crippen LogP contribution in [0.5, 0.6) is 11.5 Å². The van der Waals surface area contributed by atoms with Crippen LogP contribution in [0, 0.1) is 0 Å². The summed E-state index contributed by atoms with van der Waals surface area (Å²) in [6, 6.07) is 6.06. The van der Waals surface area contributed by atoms with E-state index in [1.807, 2.05) is 0 Å². The smallest absolute Gasteiger partial charge is 0.255 e. The number of rotatable bonds is 3. The van der Waals surface area contributed by atoms with Gasteiger partial charge >= 0.3 is 0 Å². The Balaban J connectivity index is 1.49. The second kappa shape index (κ2) is 7.59. The van der Waals surface area contributed by atoms with E-state index in [4.69, 9.17) is 26.8 Å². The number of nitrogens with two attached hydrogens (primary N) is 1. The van der Waals surface area contributed by atoms with Crippen LogP contribution in [-0.2, 0) is 6.54 Å². The van der Waals surface area contributed by atoms with Crippen molar-refractivity contribution in [2.24, 2.45) is 0 Å². The number of amides is 1. The third kappa shape index (κ3) is 3.36. The third-order valence-corrected chi connectivity index (χ3v) is 5.63. The molecule has 0 fully saturated rings. The zero-order valence-corrected chi connectivity index (χ0v) is 17.1. The maximum Gasteiger partial charge on any atom is 0.255 e. The second-order valence-electron chi connectivity index (χ2n) is 7.21. The molecule has 2 aliphatic rings. The van der Waals surface area contributed by atoms with Crippen LogP contribution in [0.2, 0.25) is 5.02 Å². The summed E-state index contributed by atoms with van der Waals surface area (Å²) in [4.78, 5) is 34.4. The minimum atomic E-state index is -0.446. The molecule has 9 nitrogen and oxygen atoms in total. The number of hydrogen-bond donors (Lipinski definition) is 2. The van der Waals surface area contributed by atoms with Crippen LogP contribution in [0.1, 0.15) is 28.6 Å². The molecule has 158 valence electrons. The highest BCUT2D eigenvalue weighted by Crippen LogP contribution is 2.43. The topological polar surface area (TPSA) is 121 Å². The van der Waals surface area contributed by atoms with Crippen molar-refractivity contribution in [3.8, 4) is 22.8 Å². The molecular formula is C21H18ClN5O4. The van der Waals surface area contributed by atoms with E-state index in [9.17, 15) is 9.59 Å². The highest BCUT2D eigenvalue weighted by Gasteiger charge is 2.31. The molecule has 5 rings (SSSR count). The van der Waals surface area contributed by atoms with Crippen LogP contribution < -0.4 is 26.1 Å². The highest BCUT2D eigenvalue weighted by molar-refractivity contribution is 6.34. The van der Waals surface area contributed by atoms with E-state index in [1.54, 1.807) is 29.1 Å². The maximum absolute atomic E-state index is 13.1. The quantitative estimate of drug-likeness (QED) is 0.600. The molecule has 1 amide bonds. The summed E-state index contributed by atoms with van der Waals surface area (Å²) < 4.78 is 12.8. The number of halogens is 1. The Morgan fingerprint density at radius 2 is 1.94 bits per heavy atom. The molecule has 0 aliphatic carbocycles. The summed E-state index contributed by atoms with van der Waals surface area (Å²) in [7, 11) is 0. The lowest BCUT2D eigenvalue weighted by Crippen LogP contribution is -2.30. The van der Waals surface area contributed by atoms with Crippen LogP contribution in [-0.4, -0.2) is 33.7 Å². The number of fused-ring (bicyclic) bond motifs is 2. The van der Waals surface area contributed by atoms with Crippen molar-refractivity contribution in [1.29, 1.82) is 0 Å². The monoisotopic (exact) mass is 439 g/mol. The summed E-state index contributed by atoms with van der Waals surface area (Å²) in [5, 5.41) is 3.15. The average molecular weight is 440 g/mol. The summed E-state index contributed by atoms with van der Waals surface area (Å²) in [5.41, 5.74) is 7.56. The van der Waals surface area contributed by atoms with Crippen LogP contribution in [0.25, 0.3) is 11.3 Å². The number of benzene rings is 1. The highest BCUT2D eigenvalue weighted by atomic mass is 35.5. The Morgan fingerprint density at radius 1 is 1.19 bits per heavy atom. The first-order valence-corrected chi connectivity index (χ1v) is 10.1. The third-order valence-electron chi connectivity index (χ3n) is 5.32. The van der Waals surface area contributed by atoms with Gasteiger partial charge in [0, 0.05) is 30.6 Å². The Bertz CT molecular complexity index is 1240. The van der Waals surface area contributed by atoms with Gasteiger partial charge in [0.2, 0.25) is 0 Å². The molecular weight excluding hydrogens is 422 g/mol. The molecule has 1 aromatic carbocycles. The maximum atomic E-state index is 13.1. The molecule has 0 saturated carbocycles. The summed E-state index contributed by atoms with van der Waals surface area (Å²) in [6.45, 7) is 1.08. The van der Waals surface area contributed by atoms with Crippen molar-refractivity contribution in [3.05, 3.63) is 63.4 Å². The van der Waals surface area contributed by atoms with Crippen LogP contribution in [0.4, 0.5) is 5.69 Å². The lowest BCUT2D eigenvalue weighted by molar-refractivity contribution is 0.0925. The summed E-state index contributed by atoms with van der Waals surface area (Å²) in [5.74, 6) is 0.621. The molecule has 4 heterocycles. The Hall–Kier alpha value is -3.59. The standard InChI is InChI=1S/C21H18ClN5O4/c22-13-9-12(18-19(17(13)23)31-8-7-30-18)21(29)26-14-3-6-27-16(28)10-15(25-20(14)27)11-1-4-24-5-2-11/h1-2,4-5,9-10,14H,3,6-8,23H2,(H,26,29). The first-order valence-electron chi connectivity index (χ1n) is 9.73. The molecule has 0 bridgehead atoms. The summed E-state index contributed by atoms with van der Waals surface area (Å²) >= 11 is 6.20. The first kappa shape index (κ1) is 19.4. The Morgan fingerprint density at radius 3 is 2.71 bits per heavy atom. The number of carbonyl (C=O) groups is 1. The molecule has 2 aromatic heterocycles.